The van der Waals surface area contributed by atoms with E-state index in [0.29, 0.717) is 17.1 Å². The lowest BCUT2D eigenvalue weighted by atomic mass is 10.0. The van der Waals surface area contributed by atoms with E-state index in [4.69, 9.17) is 11.6 Å². The molecule has 25 heavy (non-hydrogen) atoms. The number of nitrogens with zero attached hydrogens (tertiary/aromatic N) is 1. The van der Waals surface area contributed by atoms with Crippen LogP contribution in [0, 0.1) is 0 Å². The zero-order valence-corrected chi connectivity index (χ0v) is 13.4. The number of benzene rings is 1. The van der Waals surface area contributed by atoms with Crippen molar-refractivity contribution in [3.05, 3.63) is 52.8 Å². The van der Waals surface area contributed by atoms with Crippen molar-refractivity contribution < 1.29 is 31.8 Å². The van der Waals surface area contributed by atoms with Crippen LogP contribution in [0.2, 0.25) is 5.02 Å². The van der Waals surface area contributed by atoms with Crippen LogP contribution in [0.4, 0.5) is 17.6 Å². The normalized spacial score (nSPS) is 11.0. The summed E-state index contributed by atoms with van der Waals surface area (Å²) in [7, 11) is 0. The molecule has 0 saturated heterocycles. The van der Waals surface area contributed by atoms with Gasteiger partial charge >= 0.3 is 13.2 Å². The average Bonchev–Trinajstić information content (AvgIpc) is 2.54. The minimum absolute atomic E-state index is 0.0335. The van der Waals surface area contributed by atoms with Crippen molar-refractivity contribution >= 4 is 17.4 Å². The number of carbonyl (C=O) groups excluding carboxylic acids is 1. The van der Waals surface area contributed by atoms with Crippen LogP contribution < -0.4 is 9.47 Å². The number of aryl methyl sites for hydroxylation is 1. The van der Waals surface area contributed by atoms with Crippen LogP contribution in [0.15, 0.2) is 36.5 Å². The molecule has 0 N–H and O–H groups in total. The van der Waals surface area contributed by atoms with E-state index in [2.05, 4.69) is 14.5 Å². The maximum atomic E-state index is 12.4. The number of Topliss-reactive ketones (excluding diaryl/α,β-unsaturated/α-hetero) is 1. The third kappa shape index (κ3) is 5.90. The van der Waals surface area contributed by atoms with Gasteiger partial charge in [-0.1, -0.05) is 11.6 Å². The quantitative estimate of drug-likeness (QED) is 0.492. The van der Waals surface area contributed by atoms with Crippen molar-refractivity contribution in [1.29, 1.82) is 0 Å². The second kappa shape index (κ2) is 8.66. The molecule has 0 aliphatic rings. The molecule has 2 rings (SSSR count). The molecular weight excluding hydrogens is 366 g/mol. The Labute approximate surface area is 145 Å². The minimum atomic E-state index is -3.25. The van der Waals surface area contributed by atoms with Crippen molar-refractivity contribution in [3.8, 4) is 11.5 Å². The monoisotopic (exact) mass is 377 g/mol. The van der Waals surface area contributed by atoms with Crippen molar-refractivity contribution in [1.82, 2.24) is 4.98 Å². The van der Waals surface area contributed by atoms with Gasteiger partial charge in [-0.2, -0.15) is 17.6 Å². The second-order valence-corrected chi connectivity index (χ2v) is 5.25. The molecule has 0 amide bonds. The number of pyridine rings is 1. The predicted octanol–water partition coefficient (Wildman–Crippen LogP) is 4.75. The highest BCUT2D eigenvalue weighted by Crippen LogP contribution is 2.31. The minimum Gasteiger partial charge on any atom is -0.431 e. The molecule has 0 bridgehead atoms. The first-order chi connectivity index (χ1) is 11.8. The Bertz CT molecular complexity index is 726. The van der Waals surface area contributed by atoms with Crippen LogP contribution in [-0.2, 0) is 6.42 Å². The van der Waals surface area contributed by atoms with Crippen LogP contribution in [0.3, 0.4) is 0 Å². The maximum Gasteiger partial charge on any atom is 0.387 e. The fourth-order valence-electron chi connectivity index (χ4n) is 2.00. The fourth-order valence-corrected chi connectivity index (χ4v) is 2.11. The van der Waals surface area contributed by atoms with E-state index < -0.39 is 24.7 Å². The summed E-state index contributed by atoms with van der Waals surface area (Å²) in [5, 5.41) is 0.457. The van der Waals surface area contributed by atoms with Gasteiger partial charge < -0.3 is 9.47 Å². The first-order valence-corrected chi connectivity index (χ1v) is 7.40. The summed E-state index contributed by atoms with van der Waals surface area (Å²) >= 11 is 5.71. The van der Waals surface area contributed by atoms with Crippen LogP contribution in [0.1, 0.15) is 22.5 Å². The molecule has 1 heterocycles. The lowest BCUT2D eigenvalue weighted by Crippen LogP contribution is -2.09. The van der Waals surface area contributed by atoms with Gasteiger partial charge in [0, 0.05) is 23.9 Å². The Morgan fingerprint density at radius 1 is 1.04 bits per heavy atom. The molecule has 134 valence electrons. The van der Waals surface area contributed by atoms with E-state index >= 15 is 0 Å². The van der Waals surface area contributed by atoms with E-state index in [1.807, 2.05) is 0 Å². The average molecular weight is 378 g/mol. The molecular formula is C16H12ClF4NO3. The summed E-state index contributed by atoms with van der Waals surface area (Å²) in [6.45, 7) is -6.46. The Morgan fingerprint density at radius 2 is 1.72 bits per heavy atom. The zero-order valence-electron chi connectivity index (χ0n) is 12.6. The molecule has 0 saturated carbocycles. The van der Waals surface area contributed by atoms with Gasteiger partial charge in [-0.3, -0.25) is 9.78 Å². The summed E-state index contributed by atoms with van der Waals surface area (Å²) in [4.78, 5) is 16.2. The number of hydrogen-bond donors (Lipinski definition) is 0. The highest BCUT2D eigenvalue weighted by atomic mass is 35.5. The van der Waals surface area contributed by atoms with Crippen molar-refractivity contribution in [3.63, 3.8) is 0 Å². The van der Waals surface area contributed by atoms with Gasteiger partial charge in [-0.05, 0) is 36.8 Å². The summed E-state index contributed by atoms with van der Waals surface area (Å²) in [5.74, 6) is -1.60. The maximum absolute atomic E-state index is 12.4. The van der Waals surface area contributed by atoms with Gasteiger partial charge in [0.2, 0.25) is 0 Å². The summed E-state index contributed by atoms with van der Waals surface area (Å²) in [5.41, 5.74) is 0.658. The molecule has 1 aromatic carbocycles. The second-order valence-electron chi connectivity index (χ2n) is 4.81. The van der Waals surface area contributed by atoms with Crippen LogP contribution in [0.25, 0.3) is 0 Å². The Balaban J connectivity index is 2.11. The Morgan fingerprint density at radius 3 is 2.32 bits per heavy atom. The van der Waals surface area contributed by atoms with E-state index in [0.717, 1.165) is 12.1 Å². The predicted molar refractivity (Wildman–Crippen MR) is 81.6 cm³/mol. The van der Waals surface area contributed by atoms with Gasteiger partial charge in [0.15, 0.2) is 17.3 Å². The van der Waals surface area contributed by atoms with Crippen molar-refractivity contribution in [2.45, 2.75) is 26.1 Å². The van der Waals surface area contributed by atoms with E-state index in [1.165, 1.54) is 12.3 Å². The third-order valence-electron chi connectivity index (χ3n) is 3.09. The van der Waals surface area contributed by atoms with Gasteiger partial charge in [-0.15, -0.1) is 0 Å². The molecule has 0 aliphatic carbocycles. The number of halogens is 5. The molecule has 0 unspecified atom stereocenters. The number of rotatable bonds is 8. The van der Waals surface area contributed by atoms with E-state index in [1.54, 1.807) is 12.1 Å². The van der Waals surface area contributed by atoms with Crippen molar-refractivity contribution in [2.24, 2.45) is 0 Å². The smallest absolute Gasteiger partial charge is 0.387 e. The van der Waals surface area contributed by atoms with Gasteiger partial charge in [-0.25, -0.2) is 0 Å². The molecule has 9 heteroatoms. The number of alkyl halides is 4. The molecule has 0 fully saturated rings. The highest BCUT2D eigenvalue weighted by Gasteiger charge is 2.17. The molecule has 0 spiro atoms. The number of aromatic nitrogens is 1. The Kier molecular flexibility index (Phi) is 6.58. The highest BCUT2D eigenvalue weighted by molar-refractivity contribution is 6.30. The molecule has 1 aromatic heterocycles. The number of ketones is 1. The standard InChI is InChI=1S/C16H12ClF4NO3/c17-10-2-3-11(22-8-10)4-5-12(23)9-1-6-13(24-15(18)19)14(7-9)25-16(20)21/h1-3,6-8,15-16H,4-5H2. The summed E-state index contributed by atoms with van der Waals surface area (Å²) in [6.07, 6.45) is 1.78. The first-order valence-electron chi connectivity index (χ1n) is 7.02. The number of carbonyl (C=O) groups is 1. The largest absolute Gasteiger partial charge is 0.431 e. The van der Waals surface area contributed by atoms with Gasteiger partial charge in [0.1, 0.15) is 0 Å². The molecule has 0 radical (unpaired) electrons. The van der Waals surface area contributed by atoms with E-state index in [9.17, 15) is 22.4 Å². The zero-order chi connectivity index (χ0) is 18.4. The first kappa shape index (κ1) is 19.0. The van der Waals surface area contributed by atoms with Crippen LogP contribution in [0.5, 0.6) is 11.5 Å². The fraction of sp³-hybridized carbons (Fsp3) is 0.250. The third-order valence-corrected chi connectivity index (χ3v) is 3.32. The van der Waals surface area contributed by atoms with E-state index in [-0.39, 0.29) is 17.8 Å². The molecule has 4 nitrogen and oxygen atoms in total. The van der Waals surface area contributed by atoms with Crippen LogP contribution >= 0.6 is 11.6 Å². The lowest BCUT2D eigenvalue weighted by Gasteiger charge is -2.12. The molecule has 2 aromatic rings. The summed E-state index contributed by atoms with van der Waals surface area (Å²) < 4.78 is 57.6. The lowest BCUT2D eigenvalue weighted by molar-refractivity contribution is -0.0692. The van der Waals surface area contributed by atoms with Gasteiger partial charge in [0.05, 0.1) is 5.02 Å². The Hall–Kier alpha value is -2.35. The molecule has 0 atom stereocenters. The molecule has 0 aliphatic heterocycles. The topological polar surface area (TPSA) is 48.4 Å². The SMILES string of the molecule is O=C(CCc1ccc(Cl)cn1)c1ccc(OC(F)F)c(OC(F)F)c1. The van der Waals surface area contributed by atoms with Crippen molar-refractivity contribution in [2.75, 3.05) is 0 Å². The van der Waals surface area contributed by atoms with Crippen LogP contribution in [-0.4, -0.2) is 24.0 Å². The van der Waals surface area contributed by atoms with Gasteiger partial charge in [0.25, 0.3) is 0 Å². The number of ether oxygens (including phenoxy) is 2. The number of hydrogen-bond acceptors (Lipinski definition) is 4. The summed E-state index contributed by atoms with van der Waals surface area (Å²) in [6, 6.07) is 6.41.